The molecule has 1 aliphatic rings. The summed E-state index contributed by atoms with van der Waals surface area (Å²) in [6.07, 6.45) is 3.90. The van der Waals surface area contributed by atoms with E-state index in [2.05, 4.69) is 27.4 Å². The average molecular weight is 331 g/mol. The van der Waals surface area contributed by atoms with Crippen molar-refractivity contribution < 1.29 is 4.79 Å². The van der Waals surface area contributed by atoms with Gasteiger partial charge in [0, 0.05) is 47.9 Å². The van der Waals surface area contributed by atoms with Crippen LogP contribution in [0.2, 0.25) is 0 Å². The molecule has 0 radical (unpaired) electrons. The van der Waals surface area contributed by atoms with Crippen molar-refractivity contribution in [3.63, 3.8) is 0 Å². The third-order valence-corrected chi connectivity index (χ3v) is 5.51. The van der Waals surface area contributed by atoms with Crippen molar-refractivity contribution in [1.82, 2.24) is 9.88 Å². The Balaban J connectivity index is 1.69. The molecule has 1 saturated heterocycles. The van der Waals surface area contributed by atoms with Crippen LogP contribution in [0, 0.1) is 5.41 Å². The Bertz CT molecular complexity index is 696. The van der Waals surface area contributed by atoms with Gasteiger partial charge in [-0.15, -0.1) is 11.3 Å². The summed E-state index contributed by atoms with van der Waals surface area (Å²) < 4.78 is 1.29. The van der Waals surface area contributed by atoms with Crippen molar-refractivity contribution in [2.24, 2.45) is 5.41 Å². The molecule has 3 heterocycles. The van der Waals surface area contributed by atoms with Gasteiger partial charge in [0.25, 0.3) is 0 Å². The molecular weight excluding hydrogens is 306 g/mol. The van der Waals surface area contributed by atoms with Crippen molar-refractivity contribution in [2.75, 3.05) is 25.0 Å². The van der Waals surface area contributed by atoms with E-state index >= 15 is 0 Å². The van der Waals surface area contributed by atoms with Crippen LogP contribution in [0.3, 0.4) is 0 Å². The van der Waals surface area contributed by atoms with Crippen LogP contribution in [-0.2, 0) is 4.79 Å². The third kappa shape index (κ3) is 3.20. The molecule has 23 heavy (non-hydrogen) atoms. The lowest BCUT2D eigenvalue weighted by atomic mass is 9.92. The van der Waals surface area contributed by atoms with E-state index in [-0.39, 0.29) is 11.3 Å². The highest BCUT2D eigenvalue weighted by Gasteiger charge is 2.31. The molecule has 2 aromatic rings. The van der Waals surface area contributed by atoms with Gasteiger partial charge in [0.05, 0.1) is 0 Å². The Labute approximate surface area is 142 Å². The average Bonchev–Trinajstić information content (AvgIpc) is 3.01. The first-order valence-corrected chi connectivity index (χ1v) is 9.10. The lowest BCUT2D eigenvalue weighted by Gasteiger charge is -2.39. The van der Waals surface area contributed by atoms with Gasteiger partial charge in [-0.25, -0.2) is 4.98 Å². The smallest absolute Gasteiger partial charge is 0.227 e. The summed E-state index contributed by atoms with van der Waals surface area (Å²) in [5, 5.41) is 3.37. The summed E-state index contributed by atoms with van der Waals surface area (Å²) in [5.74, 6) is 1.32. The molecule has 1 fully saturated rings. The SMILES string of the molecule is CN(C(=O)C(C)(C)C)C1CCN(c2nccc3sccc23)CC1. The second-order valence-corrected chi connectivity index (χ2v) is 8.30. The Morgan fingerprint density at radius 3 is 2.65 bits per heavy atom. The highest BCUT2D eigenvalue weighted by atomic mass is 32.1. The first-order valence-electron chi connectivity index (χ1n) is 8.22. The molecular formula is C18H25N3OS. The quantitative estimate of drug-likeness (QED) is 0.840. The largest absolute Gasteiger partial charge is 0.356 e. The number of piperidine rings is 1. The van der Waals surface area contributed by atoms with Crippen LogP contribution < -0.4 is 4.90 Å². The second kappa shape index (κ2) is 6.11. The molecule has 4 nitrogen and oxygen atoms in total. The van der Waals surface area contributed by atoms with Crippen LogP contribution in [0.25, 0.3) is 10.1 Å². The molecule has 2 aromatic heterocycles. The molecule has 0 aromatic carbocycles. The number of hydrogen-bond acceptors (Lipinski definition) is 4. The van der Waals surface area contributed by atoms with E-state index in [1.165, 1.54) is 10.1 Å². The zero-order chi connectivity index (χ0) is 16.6. The minimum Gasteiger partial charge on any atom is -0.356 e. The summed E-state index contributed by atoms with van der Waals surface area (Å²) in [5.41, 5.74) is -0.310. The Kier molecular flexibility index (Phi) is 4.32. The van der Waals surface area contributed by atoms with Crippen molar-refractivity contribution in [3.05, 3.63) is 23.7 Å². The normalized spacial score (nSPS) is 16.8. The number of amides is 1. The van der Waals surface area contributed by atoms with Gasteiger partial charge >= 0.3 is 0 Å². The van der Waals surface area contributed by atoms with E-state index in [0.29, 0.717) is 6.04 Å². The second-order valence-electron chi connectivity index (χ2n) is 7.35. The highest BCUT2D eigenvalue weighted by molar-refractivity contribution is 7.17. The fourth-order valence-electron chi connectivity index (χ4n) is 3.29. The van der Waals surface area contributed by atoms with Crippen molar-refractivity contribution in [1.29, 1.82) is 0 Å². The topological polar surface area (TPSA) is 36.4 Å². The number of anilines is 1. The molecule has 124 valence electrons. The summed E-state index contributed by atoms with van der Waals surface area (Å²) in [6.45, 7) is 7.87. The maximum atomic E-state index is 12.5. The van der Waals surface area contributed by atoms with E-state index in [1.54, 1.807) is 11.3 Å². The minimum atomic E-state index is -0.310. The maximum absolute atomic E-state index is 12.5. The van der Waals surface area contributed by atoms with Crippen LogP contribution in [0.1, 0.15) is 33.6 Å². The van der Waals surface area contributed by atoms with Crippen LogP contribution in [0.15, 0.2) is 23.7 Å². The van der Waals surface area contributed by atoms with E-state index in [4.69, 9.17) is 0 Å². The number of fused-ring (bicyclic) bond motifs is 1. The summed E-state index contributed by atoms with van der Waals surface area (Å²) >= 11 is 1.76. The first kappa shape index (κ1) is 16.2. The minimum absolute atomic E-state index is 0.231. The van der Waals surface area contributed by atoms with Crippen LogP contribution in [0.4, 0.5) is 5.82 Å². The van der Waals surface area contributed by atoms with Gasteiger partial charge < -0.3 is 9.80 Å². The van der Waals surface area contributed by atoms with E-state index in [9.17, 15) is 4.79 Å². The number of carbonyl (C=O) groups excluding carboxylic acids is 1. The van der Waals surface area contributed by atoms with E-state index in [1.807, 2.05) is 38.9 Å². The highest BCUT2D eigenvalue weighted by Crippen LogP contribution is 2.31. The molecule has 0 spiro atoms. The number of hydrogen-bond donors (Lipinski definition) is 0. The molecule has 0 saturated carbocycles. The van der Waals surface area contributed by atoms with Crippen LogP contribution in [-0.4, -0.2) is 42.0 Å². The van der Waals surface area contributed by atoms with Gasteiger partial charge in [-0.3, -0.25) is 4.79 Å². The standard InChI is InChI=1S/C18H25N3OS/c1-18(2,3)17(22)20(4)13-6-10-21(11-7-13)16-14-8-12-23-15(14)5-9-19-16/h5,8-9,12-13H,6-7,10-11H2,1-4H3. The summed E-state index contributed by atoms with van der Waals surface area (Å²) in [6, 6.07) is 4.56. The predicted octanol–water partition coefficient (Wildman–Crippen LogP) is 3.77. The maximum Gasteiger partial charge on any atom is 0.227 e. The number of thiophene rings is 1. The predicted molar refractivity (Wildman–Crippen MR) is 97.1 cm³/mol. The van der Waals surface area contributed by atoms with Crippen molar-refractivity contribution >= 4 is 33.1 Å². The monoisotopic (exact) mass is 331 g/mol. The first-order chi connectivity index (χ1) is 10.9. The van der Waals surface area contributed by atoms with Crippen LogP contribution >= 0.6 is 11.3 Å². The van der Waals surface area contributed by atoms with Gasteiger partial charge in [-0.1, -0.05) is 20.8 Å². The zero-order valence-electron chi connectivity index (χ0n) is 14.4. The lowest BCUT2D eigenvalue weighted by molar-refractivity contribution is -0.140. The summed E-state index contributed by atoms with van der Waals surface area (Å²) in [4.78, 5) is 21.4. The Morgan fingerprint density at radius 2 is 2.00 bits per heavy atom. The molecule has 5 heteroatoms. The van der Waals surface area contributed by atoms with E-state index < -0.39 is 0 Å². The molecule has 1 aliphatic heterocycles. The lowest BCUT2D eigenvalue weighted by Crippen LogP contribution is -2.48. The molecule has 0 aliphatic carbocycles. The molecule has 1 amide bonds. The van der Waals surface area contributed by atoms with Gasteiger partial charge in [-0.2, -0.15) is 0 Å². The number of nitrogens with zero attached hydrogens (tertiary/aromatic N) is 3. The zero-order valence-corrected chi connectivity index (χ0v) is 15.2. The molecule has 0 N–H and O–H groups in total. The van der Waals surface area contributed by atoms with Gasteiger partial charge in [0.15, 0.2) is 0 Å². The van der Waals surface area contributed by atoms with Crippen LogP contribution in [0.5, 0.6) is 0 Å². The van der Waals surface area contributed by atoms with Crippen molar-refractivity contribution in [2.45, 2.75) is 39.7 Å². The number of aromatic nitrogens is 1. The Hall–Kier alpha value is -1.62. The number of carbonyl (C=O) groups is 1. The molecule has 0 unspecified atom stereocenters. The van der Waals surface area contributed by atoms with Gasteiger partial charge in [0.2, 0.25) is 5.91 Å². The fourth-order valence-corrected chi connectivity index (χ4v) is 4.07. The molecule has 0 atom stereocenters. The summed E-state index contributed by atoms with van der Waals surface area (Å²) in [7, 11) is 1.95. The molecule has 0 bridgehead atoms. The number of rotatable bonds is 2. The fraction of sp³-hybridized carbons (Fsp3) is 0.556. The van der Waals surface area contributed by atoms with Crippen molar-refractivity contribution in [3.8, 4) is 0 Å². The Morgan fingerprint density at radius 1 is 1.30 bits per heavy atom. The number of pyridine rings is 1. The third-order valence-electron chi connectivity index (χ3n) is 4.63. The molecule has 3 rings (SSSR count). The van der Waals surface area contributed by atoms with E-state index in [0.717, 1.165) is 31.7 Å². The van der Waals surface area contributed by atoms with Gasteiger partial charge in [0.1, 0.15) is 5.82 Å². The van der Waals surface area contributed by atoms with Gasteiger partial charge in [-0.05, 0) is 30.4 Å².